The molecule has 18 heavy (non-hydrogen) atoms. The molecule has 1 saturated heterocycles. The van der Waals surface area contributed by atoms with Crippen molar-refractivity contribution in [3.8, 4) is 5.75 Å². The predicted octanol–water partition coefficient (Wildman–Crippen LogP) is 1.05. The van der Waals surface area contributed by atoms with Crippen LogP contribution in [-0.4, -0.2) is 42.2 Å². The molecule has 0 aromatic heterocycles. The van der Waals surface area contributed by atoms with Gasteiger partial charge in [-0.2, -0.15) is 0 Å². The number of carbonyl (C=O) groups is 1. The van der Waals surface area contributed by atoms with Crippen LogP contribution < -0.4 is 4.74 Å². The predicted molar refractivity (Wildman–Crippen MR) is 63.7 cm³/mol. The van der Waals surface area contributed by atoms with Gasteiger partial charge in [-0.3, -0.25) is 4.79 Å². The van der Waals surface area contributed by atoms with Crippen LogP contribution in [0.25, 0.3) is 0 Å². The van der Waals surface area contributed by atoms with Crippen LogP contribution in [-0.2, 0) is 4.79 Å². The highest BCUT2D eigenvalue weighted by Gasteiger charge is 2.28. The third kappa shape index (κ3) is 2.98. The number of hydrogen-bond donors (Lipinski definition) is 1. The fourth-order valence-corrected chi connectivity index (χ4v) is 2.02. The van der Waals surface area contributed by atoms with Crippen LogP contribution in [0, 0.1) is 11.7 Å². The van der Waals surface area contributed by atoms with Gasteiger partial charge in [0, 0.05) is 25.5 Å². The van der Waals surface area contributed by atoms with E-state index in [1.807, 2.05) is 0 Å². The summed E-state index contributed by atoms with van der Waals surface area (Å²) in [5.41, 5.74) is 0. The summed E-state index contributed by atoms with van der Waals surface area (Å²) >= 11 is 0. The molecule has 1 aliphatic heterocycles. The number of carbonyl (C=O) groups excluding carboxylic acids is 1. The molecule has 0 aliphatic carbocycles. The lowest BCUT2D eigenvalue weighted by atomic mass is 10.1. The van der Waals surface area contributed by atoms with E-state index in [4.69, 9.17) is 9.84 Å². The summed E-state index contributed by atoms with van der Waals surface area (Å²) in [4.78, 5) is 13.2. The van der Waals surface area contributed by atoms with Gasteiger partial charge in [0.05, 0.1) is 6.54 Å². The Bertz CT molecular complexity index is 424. The number of likely N-dealkylation sites (tertiary alicyclic amines) is 1. The van der Waals surface area contributed by atoms with Crippen molar-refractivity contribution in [2.45, 2.75) is 6.42 Å². The zero-order chi connectivity index (χ0) is 13.0. The fraction of sp³-hybridized carbons (Fsp3) is 0.462. The maximum Gasteiger partial charge on any atom is 0.223 e. The summed E-state index contributed by atoms with van der Waals surface area (Å²) < 4.78 is 18.5. The molecule has 0 radical (unpaired) electrons. The second-order valence-corrected chi connectivity index (χ2v) is 4.37. The van der Waals surface area contributed by atoms with Crippen molar-refractivity contribution in [2.24, 2.45) is 5.92 Å². The van der Waals surface area contributed by atoms with Crippen LogP contribution in [0.5, 0.6) is 5.75 Å². The number of hydrogen-bond acceptors (Lipinski definition) is 3. The van der Waals surface area contributed by atoms with Gasteiger partial charge in [-0.15, -0.1) is 0 Å². The number of para-hydroxylation sites is 1. The molecule has 0 bridgehead atoms. The molecule has 4 nitrogen and oxygen atoms in total. The van der Waals surface area contributed by atoms with Gasteiger partial charge >= 0.3 is 0 Å². The number of amides is 1. The Kier molecular flexibility index (Phi) is 4.15. The SMILES string of the molecule is O=C1CC(CO)CN1CCOc1ccccc1F. The molecule has 1 unspecified atom stereocenters. The first-order valence-electron chi connectivity index (χ1n) is 5.96. The largest absolute Gasteiger partial charge is 0.489 e. The molecule has 0 saturated carbocycles. The average molecular weight is 253 g/mol. The molecule has 98 valence electrons. The van der Waals surface area contributed by atoms with Crippen molar-refractivity contribution in [3.63, 3.8) is 0 Å². The van der Waals surface area contributed by atoms with Crippen molar-refractivity contribution in [2.75, 3.05) is 26.3 Å². The Morgan fingerprint density at radius 1 is 1.44 bits per heavy atom. The molecule has 1 N–H and O–H groups in total. The number of nitrogens with zero attached hydrogens (tertiary/aromatic N) is 1. The molecule has 1 heterocycles. The molecule has 1 fully saturated rings. The lowest BCUT2D eigenvalue weighted by molar-refractivity contribution is -0.128. The number of benzene rings is 1. The van der Waals surface area contributed by atoms with E-state index in [0.29, 0.717) is 19.5 Å². The van der Waals surface area contributed by atoms with Crippen LogP contribution >= 0.6 is 0 Å². The average Bonchev–Trinajstić information content (AvgIpc) is 2.73. The minimum atomic E-state index is -0.404. The second-order valence-electron chi connectivity index (χ2n) is 4.37. The lowest BCUT2D eigenvalue weighted by Gasteiger charge is -2.16. The number of aliphatic hydroxyl groups excluding tert-OH is 1. The maximum absolute atomic E-state index is 13.2. The minimum Gasteiger partial charge on any atom is -0.489 e. The van der Waals surface area contributed by atoms with Crippen molar-refractivity contribution in [3.05, 3.63) is 30.1 Å². The van der Waals surface area contributed by atoms with Crippen LogP contribution in [0.1, 0.15) is 6.42 Å². The smallest absolute Gasteiger partial charge is 0.223 e. The topological polar surface area (TPSA) is 49.8 Å². The summed E-state index contributed by atoms with van der Waals surface area (Å²) in [6.07, 6.45) is 0.385. The molecule has 2 rings (SSSR count). The van der Waals surface area contributed by atoms with Crippen LogP contribution in [0.15, 0.2) is 24.3 Å². The van der Waals surface area contributed by atoms with Gasteiger partial charge in [-0.1, -0.05) is 12.1 Å². The zero-order valence-electron chi connectivity index (χ0n) is 10.0. The van der Waals surface area contributed by atoms with E-state index in [0.717, 1.165) is 0 Å². The molecule has 0 spiro atoms. The highest BCUT2D eigenvalue weighted by Crippen LogP contribution is 2.18. The normalized spacial score (nSPS) is 19.3. The number of aliphatic hydroxyl groups is 1. The third-order valence-electron chi connectivity index (χ3n) is 3.01. The van der Waals surface area contributed by atoms with E-state index in [9.17, 15) is 9.18 Å². The Morgan fingerprint density at radius 3 is 2.89 bits per heavy atom. The van der Waals surface area contributed by atoms with Crippen molar-refractivity contribution in [1.82, 2.24) is 4.90 Å². The highest BCUT2D eigenvalue weighted by molar-refractivity contribution is 5.78. The first-order chi connectivity index (χ1) is 8.70. The van der Waals surface area contributed by atoms with E-state index in [1.165, 1.54) is 6.07 Å². The summed E-state index contributed by atoms with van der Waals surface area (Å²) in [6, 6.07) is 6.18. The Labute approximate surface area is 105 Å². The van der Waals surface area contributed by atoms with Gasteiger partial charge in [-0.05, 0) is 12.1 Å². The van der Waals surface area contributed by atoms with E-state index in [2.05, 4.69) is 0 Å². The fourth-order valence-electron chi connectivity index (χ4n) is 2.02. The van der Waals surface area contributed by atoms with Gasteiger partial charge in [0.25, 0.3) is 0 Å². The summed E-state index contributed by atoms with van der Waals surface area (Å²) in [5, 5.41) is 8.98. The van der Waals surface area contributed by atoms with Crippen LogP contribution in [0.2, 0.25) is 0 Å². The minimum absolute atomic E-state index is 0.0194. The Morgan fingerprint density at radius 2 is 2.22 bits per heavy atom. The van der Waals surface area contributed by atoms with Crippen molar-refractivity contribution >= 4 is 5.91 Å². The summed E-state index contributed by atoms with van der Waals surface area (Å²) in [6.45, 7) is 1.25. The van der Waals surface area contributed by atoms with Crippen molar-refractivity contribution < 1.29 is 19.0 Å². The van der Waals surface area contributed by atoms with Gasteiger partial charge in [0.2, 0.25) is 5.91 Å². The second kappa shape index (κ2) is 5.82. The zero-order valence-corrected chi connectivity index (χ0v) is 10.0. The van der Waals surface area contributed by atoms with Crippen molar-refractivity contribution in [1.29, 1.82) is 0 Å². The molecule has 1 aromatic rings. The van der Waals surface area contributed by atoms with Gasteiger partial charge < -0.3 is 14.7 Å². The first-order valence-corrected chi connectivity index (χ1v) is 5.96. The number of rotatable bonds is 5. The number of ether oxygens (including phenoxy) is 1. The van der Waals surface area contributed by atoms with Crippen LogP contribution in [0.3, 0.4) is 0 Å². The maximum atomic E-state index is 13.2. The quantitative estimate of drug-likeness (QED) is 0.853. The molecule has 5 heteroatoms. The molecular weight excluding hydrogens is 237 g/mol. The van der Waals surface area contributed by atoms with E-state index in [1.54, 1.807) is 23.1 Å². The van der Waals surface area contributed by atoms with E-state index >= 15 is 0 Å². The third-order valence-corrected chi connectivity index (χ3v) is 3.01. The summed E-state index contributed by atoms with van der Waals surface area (Å²) in [5.74, 6) is -0.168. The molecule has 1 amide bonds. The Hall–Kier alpha value is -1.62. The van der Waals surface area contributed by atoms with Gasteiger partial charge in [0.15, 0.2) is 11.6 Å². The standard InChI is InChI=1S/C13H16FNO3/c14-11-3-1-2-4-12(11)18-6-5-15-8-10(9-16)7-13(15)17/h1-4,10,16H,5-9H2. The summed E-state index contributed by atoms with van der Waals surface area (Å²) in [7, 11) is 0. The molecule has 1 aliphatic rings. The van der Waals surface area contributed by atoms with Gasteiger partial charge in [-0.25, -0.2) is 4.39 Å². The van der Waals surface area contributed by atoms with E-state index in [-0.39, 0.29) is 30.8 Å². The first kappa shape index (κ1) is 12.8. The highest BCUT2D eigenvalue weighted by atomic mass is 19.1. The monoisotopic (exact) mass is 253 g/mol. The van der Waals surface area contributed by atoms with Gasteiger partial charge in [0.1, 0.15) is 6.61 Å². The molecular formula is C13H16FNO3. The van der Waals surface area contributed by atoms with Crippen LogP contribution in [0.4, 0.5) is 4.39 Å². The van der Waals surface area contributed by atoms with E-state index < -0.39 is 5.82 Å². The molecule has 1 aromatic carbocycles. The molecule has 1 atom stereocenters. The lowest BCUT2D eigenvalue weighted by Crippen LogP contribution is -2.30. The Balaban J connectivity index is 1.79. The number of halogens is 1.